The van der Waals surface area contributed by atoms with E-state index in [0.717, 1.165) is 18.4 Å². The third-order valence-corrected chi connectivity index (χ3v) is 3.24. The summed E-state index contributed by atoms with van der Waals surface area (Å²) in [5, 5.41) is 0. The summed E-state index contributed by atoms with van der Waals surface area (Å²) >= 11 is 0. The first-order valence-corrected chi connectivity index (χ1v) is 6.40. The van der Waals surface area contributed by atoms with Crippen LogP contribution in [0.2, 0.25) is 0 Å². The number of carbonyl (C=O) groups is 1. The zero-order chi connectivity index (χ0) is 13.1. The number of para-hydroxylation sites is 1. The Morgan fingerprint density at radius 3 is 2.53 bits per heavy atom. The first-order valence-electron chi connectivity index (χ1n) is 6.40. The van der Waals surface area contributed by atoms with Crippen molar-refractivity contribution >= 4 is 11.5 Å². The molecule has 94 valence electrons. The molecule has 1 aliphatic rings. The van der Waals surface area contributed by atoms with E-state index in [0.29, 0.717) is 11.3 Å². The van der Waals surface area contributed by atoms with Gasteiger partial charge in [-0.25, -0.2) is 4.79 Å². The second-order valence-electron chi connectivity index (χ2n) is 4.52. The largest absolute Gasteiger partial charge is 0.423 e. The molecule has 2 aromatic carbocycles. The van der Waals surface area contributed by atoms with Crippen LogP contribution in [0.3, 0.4) is 0 Å². The molecule has 19 heavy (non-hydrogen) atoms. The van der Waals surface area contributed by atoms with Gasteiger partial charge in [-0.15, -0.1) is 0 Å². The van der Waals surface area contributed by atoms with Crippen LogP contribution < -0.4 is 4.74 Å². The van der Waals surface area contributed by atoms with Crippen LogP contribution in [0.5, 0.6) is 5.75 Å². The molecule has 0 heterocycles. The van der Waals surface area contributed by atoms with Crippen LogP contribution >= 0.6 is 0 Å². The monoisotopic (exact) mass is 250 g/mol. The zero-order valence-corrected chi connectivity index (χ0v) is 10.5. The number of benzene rings is 2. The lowest BCUT2D eigenvalue weighted by atomic mass is 9.91. The van der Waals surface area contributed by atoms with E-state index in [9.17, 15) is 4.79 Å². The van der Waals surface area contributed by atoms with Crippen molar-refractivity contribution in [1.82, 2.24) is 0 Å². The predicted molar refractivity (Wildman–Crippen MR) is 74.8 cm³/mol. The van der Waals surface area contributed by atoms with E-state index >= 15 is 0 Å². The standard InChI is InChI=1S/C17H14O2/c18-17(19-14-9-2-1-3-10-14)16-12-6-8-13-7-4-5-11-15(13)16/h1-5,7,9-12H,6,8H2. The molecule has 0 fully saturated rings. The minimum atomic E-state index is -0.279. The highest BCUT2D eigenvalue weighted by atomic mass is 16.5. The van der Waals surface area contributed by atoms with Gasteiger partial charge in [-0.1, -0.05) is 48.5 Å². The van der Waals surface area contributed by atoms with Crippen LogP contribution in [0.4, 0.5) is 0 Å². The van der Waals surface area contributed by atoms with Crippen molar-refractivity contribution in [3.05, 3.63) is 71.8 Å². The van der Waals surface area contributed by atoms with Gasteiger partial charge in [0, 0.05) is 0 Å². The molecule has 0 aromatic heterocycles. The second kappa shape index (κ2) is 5.11. The van der Waals surface area contributed by atoms with E-state index in [1.54, 1.807) is 12.1 Å². The molecule has 0 amide bonds. The highest BCUT2D eigenvalue weighted by Gasteiger charge is 2.19. The molecule has 0 saturated carbocycles. The first kappa shape index (κ1) is 11.7. The van der Waals surface area contributed by atoms with E-state index in [1.165, 1.54) is 5.56 Å². The van der Waals surface area contributed by atoms with E-state index in [1.807, 2.05) is 42.5 Å². The maximum Gasteiger partial charge on any atom is 0.343 e. The molecule has 2 heteroatoms. The Kier molecular flexibility index (Phi) is 3.15. The normalized spacial score (nSPS) is 13.4. The topological polar surface area (TPSA) is 26.3 Å². The molecule has 0 unspecified atom stereocenters. The van der Waals surface area contributed by atoms with Gasteiger partial charge in [-0.2, -0.15) is 0 Å². The van der Waals surface area contributed by atoms with Crippen LogP contribution in [-0.2, 0) is 11.2 Å². The van der Waals surface area contributed by atoms with E-state index in [2.05, 4.69) is 6.07 Å². The molecule has 2 aromatic rings. The van der Waals surface area contributed by atoms with Gasteiger partial charge >= 0.3 is 5.97 Å². The number of hydrogen-bond acceptors (Lipinski definition) is 2. The van der Waals surface area contributed by atoms with Gasteiger partial charge in [0.15, 0.2) is 0 Å². The average molecular weight is 250 g/mol. The van der Waals surface area contributed by atoms with Crippen molar-refractivity contribution in [2.75, 3.05) is 0 Å². The van der Waals surface area contributed by atoms with Crippen LogP contribution in [0.15, 0.2) is 60.7 Å². The maximum atomic E-state index is 12.2. The maximum absolute atomic E-state index is 12.2. The molecular formula is C17H14O2. The summed E-state index contributed by atoms with van der Waals surface area (Å²) in [5.74, 6) is 0.301. The zero-order valence-electron chi connectivity index (χ0n) is 10.5. The second-order valence-corrected chi connectivity index (χ2v) is 4.52. The fourth-order valence-electron chi connectivity index (χ4n) is 2.33. The molecule has 0 radical (unpaired) electrons. The summed E-state index contributed by atoms with van der Waals surface area (Å²) in [6.07, 6.45) is 3.84. The quantitative estimate of drug-likeness (QED) is 0.601. The van der Waals surface area contributed by atoms with Crippen molar-refractivity contribution in [3.8, 4) is 5.75 Å². The number of hydrogen-bond donors (Lipinski definition) is 0. The summed E-state index contributed by atoms with van der Waals surface area (Å²) in [4.78, 5) is 12.2. The van der Waals surface area contributed by atoms with Gasteiger partial charge in [0.2, 0.25) is 0 Å². The van der Waals surface area contributed by atoms with Gasteiger partial charge < -0.3 is 4.74 Å². The molecule has 3 rings (SSSR count). The number of carbonyl (C=O) groups excluding carboxylic acids is 1. The summed E-state index contributed by atoms with van der Waals surface area (Å²) in [6.45, 7) is 0. The first-order chi connectivity index (χ1) is 9.34. The number of rotatable bonds is 2. The summed E-state index contributed by atoms with van der Waals surface area (Å²) in [7, 11) is 0. The minimum absolute atomic E-state index is 0.279. The van der Waals surface area contributed by atoms with Crippen molar-refractivity contribution < 1.29 is 9.53 Å². The minimum Gasteiger partial charge on any atom is -0.423 e. The molecule has 0 bridgehead atoms. The molecule has 0 atom stereocenters. The summed E-state index contributed by atoms with van der Waals surface area (Å²) in [5.41, 5.74) is 2.88. The molecule has 0 N–H and O–H groups in total. The summed E-state index contributed by atoms with van der Waals surface area (Å²) in [6, 6.07) is 17.2. The van der Waals surface area contributed by atoms with Gasteiger partial charge in [0.25, 0.3) is 0 Å². The van der Waals surface area contributed by atoms with E-state index in [4.69, 9.17) is 4.74 Å². The van der Waals surface area contributed by atoms with Gasteiger partial charge in [-0.05, 0) is 36.1 Å². The van der Waals surface area contributed by atoms with E-state index in [-0.39, 0.29) is 5.97 Å². The Balaban J connectivity index is 1.87. The Morgan fingerprint density at radius 2 is 1.68 bits per heavy atom. The van der Waals surface area contributed by atoms with E-state index < -0.39 is 0 Å². The highest BCUT2D eigenvalue weighted by molar-refractivity contribution is 6.18. The Labute approximate surface area is 112 Å². The van der Waals surface area contributed by atoms with Crippen LogP contribution in [0.1, 0.15) is 17.5 Å². The molecule has 0 spiro atoms. The van der Waals surface area contributed by atoms with Crippen molar-refractivity contribution in [2.45, 2.75) is 12.8 Å². The highest BCUT2D eigenvalue weighted by Crippen LogP contribution is 2.27. The molecular weight excluding hydrogens is 236 g/mol. The molecule has 0 aliphatic heterocycles. The lowest BCUT2D eigenvalue weighted by molar-refractivity contribution is -0.127. The average Bonchev–Trinajstić information content (AvgIpc) is 2.47. The third-order valence-electron chi connectivity index (χ3n) is 3.24. The third kappa shape index (κ3) is 2.43. The number of esters is 1. The molecule has 1 aliphatic carbocycles. The number of fused-ring (bicyclic) bond motifs is 1. The smallest absolute Gasteiger partial charge is 0.343 e. The lowest BCUT2D eigenvalue weighted by Crippen LogP contribution is -2.14. The van der Waals surface area contributed by atoms with Gasteiger partial charge in [-0.3, -0.25) is 0 Å². The van der Waals surface area contributed by atoms with Crippen molar-refractivity contribution in [2.24, 2.45) is 0 Å². The number of allylic oxidation sites excluding steroid dienone is 1. The SMILES string of the molecule is O=C(Oc1ccccc1)C1=CCCc2ccccc21. The Bertz CT molecular complexity index is 627. The van der Waals surface area contributed by atoms with Gasteiger partial charge in [0.05, 0.1) is 5.57 Å². The van der Waals surface area contributed by atoms with Crippen LogP contribution in [0.25, 0.3) is 5.57 Å². The Hall–Kier alpha value is -2.35. The predicted octanol–water partition coefficient (Wildman–Crippen LogP) is 3.62. The lowest BCUT2D eigenvalue weighted by Gasteiger charge is -2.16. The number of ether oxygens (including phenoxy) is 1. The Morgan fingerprint density at radius 1 is 0.947 bits per heavy atom. The van der Waals surface area contributed by atoms with Crippen molar-refractivity contribution in [1.29, 1.82) is 0 Å². The fraction of sp³-hybridized carbons (Fsp3) is 0.118. The number of aryl methyl sites for hydroxylation is 1. The molecule has 2 nitrogen and oxygen atoms in total. The fourth-order valence-corrected chi connectivity index (χ4v) is 2.33. The van der Waals surface area contributed by atoms with Crippen LogP contribution in [0, 0.1) is 0 Å². The van der Waals surface area contributed by atoms with Gasteiger partial charge in [0.1, 0.15) is 5.75 Å². The van der Waals surface area contributed by atoms with Crippen LogP contribution in [-0.4, -0.2) is 5.97 Å². The summed E-state index contributed by atoms with van der Waals surface area (Å²) < 4.78 is 5.40. The molecule has 0 saturated heterocycles. The van der Waals surface area contributed by atoms with Crippen molar-refractivity contribution in [3.63, 3.8) is 0 Å².